The summed E-state index contributed by atoms with van der Waals surface area (Å²) in [5, 5.41) is 14.3. The molecule has 4 aromatic rings. The largest absolute Gasteiger partial charge is 1.00 e. The van der Waals surface area contributed by atoms with Crippen LogP contribution in [0.5, 0.6) is 11.5 Å². The molecule has 0 heterocycles. The fourth-order valence-corrected chi connectivity index (χ4v) is 4.67. The number of carboxylic acid groups (broad SMARTS) is 1. The van der Waals surface area contributed by atoms with Gasteiger partial charge in [-0.1, -0.05) is 78.9 Å². The molecule has 198 valence electrons. The number of aryl methyl sites for hydroxylation is 1. The predicted octanol–water partition coefficient (Wildman–Crippen LogP) is 3.23. The van der Waals surface area contributed by atoms with Gasteiger partial charge in [0, 0.05) is 11.1 Å². The zero-order chi connectivity index (χ0) is 27.6. The van der Waals surface area contributed by atoms with E-state index in [-0.39, 0.29) is 18.9 Å². The van der Waals surface area contributed by atoms with Gasteiger partial charge in [0.1, 0.15) is 11.5 Å². The molecule has 0 unspecified atom stereocenters. The molecule has 0 aromatic heterocycles. The van der Waals surface area contributed by atoms with Crippen molar-refractivity contribution < 1.29 is 38.3 Å². The Labute approximate surface area is 251 Å². The van der Waals surface area contributed by atoms with Crippen LogP contribution in [0.25, 0.3) is 23.3 Å². The van der Waals surface area contributed by atoms with Crippen LogP contribution in [0.3, 0.4) is 0 Å². The first-order valence-corrected chi connectivity index (χ1v) is 14.1. The number of hydrogen-bond donors (Lipinski definition) is 1. The molecule has 0 fully saturated rings. The number of hydrogen-bond acceptors (Lipinski definition) is 5. The maximum absolute atomic E-state index is 13.3. The van der Waals surface area contributed by atoms with Gasteiger partial charge < -0.3 is 20.0 Å². The zero-order valence-electron chi connectivity index (χ0n) is 22.9. The number of carbonyl (C=O) groups excluding carboxylic acids is 2. The van der Waals surface area contributed by atoms with Crippen molar-refractivity contribution in [2.45, 2.75) is 19.4 Å². The molecule has 4 rings (SSSR count). The second kappa shape index (κ2) is 15.2. The summed E-state index contributed by atoms with van der Waals surface area (Å²) in [5.41, 5.74) is 4.84. The van der Waals surface area contributed by atoms with Crippen LogP contribution in [-0.4, -0.2) is 29.9 Å². The molecule has 0 aliphatic rings. The van der Waals surface area contributed by atoms with Crippen LogP contribution in [0, 0.1) is 6.92 Å². The Morgan fingerprint density at radius 3 is 2.33 bits per heavy atom. The topological polar surface area (TPSA) is 78.5 Å². The molecule has 1 atom stereocenters. The Hall–Kier alpha value is -3.69. The molecule has 0 spiro atoms. The van der Waals surface area contributed by atoms with E-state index in [0.29, 0.717) is 17.7 Å². The summed E-state index contributed by atoms with van der Waals surface area (Å²) in [5.74, 6) is 0.353. The minimum Gasteiger partial charge on any atom is -0.548 e. The van der Waals surface area contributed by atoms with E-state index in [4.69, 9.17) is 4.74 Å². The van der Waals surface area contributed by atoms with Gasteiger partial charge in [0.2, 0.25) is 0 Å². The average Bonchev–Trinajstić information content (AvgIpc) is 2.95. The van der Waals surface area contributed by atoms with Crippen LogP contribution in [0.2, 0.25) is 0 Å². The van der Waals surface area contributed by atoms with Gasteiger partial charge in [-0.2, -0.15) is 11.8 Å². The van der Waals surface area contributed by atoms with Crippen LogP contribution in [0.4, 0.5) is 0 Å². The smallest absolute Gasteiger partial charge is 0.548 e. The maximum Gasteiger partial charge on any atom is 1.00 e. The summed E-state index contributed by atoms with van der Waals surface area (Å²) >= 11 is 1.52. The number of carbonyl (C=O) groups is 2. The number of carboxylic acids is 1. The van der Waals surface area contributed by atoms with E-state index in [0.717, 1.165) is 39.3 Å². The van der Waals surface area contributed by atoms with Crippen molar-refractivity contribution in [3.63, 3.8) is 0 Å². The standard InChI is InChI=1S/C33H31NO4S.Li/c1-23-10-6-8-14-27(23)29-22-24(17-19-28(29)32(35)34-30(33(36)37)20-21-39-2)16-18-25-11-7-9-15-31(25)38-26-12-4-3-5-13-26;/h3-19,22,30H,20-21H2,1-2H3,(H,34,35)(H,36,37);/q;+1/p-1/t30-;/m0./s1. The Morgan fingerprint density at radius 2 is 1.60 bits per heavy atom. The molecule has 0 radical (unpaired) electrons. The van der Waals surface area contributed by atoms with Gasteiger partial charge in [-0.15, -0.1) is 0 Å². The van der Waals surface area contributed by atoms with Crippen LogP contribution in [-0.2, 0) is 4.79 Å². The summed E-state index contributed by atoms with van der Waals surface area (Å²) in [6, 6.07) is 29.7. The van der Waals surface area contributed by atoms with Gasteiger partial charge in [-0.05, 0) is 77.9 Å². The van der Waals surface area contributed by atoms with Crippen LogP contribution >= 0.6 is 11.8 Å². The Morgan fingerprint density at radius 1 is 0.900 bits per heavy atom. The van der Waals surface area contributed by atoms with Crippen molar-refractivity contribution in [1.82, 2.24) is 5.32 Å². The van der Waals surface area contributed by atoms with E-state index >= 15 is 0 Å². The molecular formula is C33H30LiNO4S. The van der Waals surface area contributed by atoms with Crippen LogP contribution in [0.1, 0.15) is 33.5 Å². The second-order valence-electron chi connectivity index (χ2n) is 9.03. The first kappa shape index (κ1) is 30.8. The third kappa shape index (κ3) is 8.16. The van der Waals surface area contributed by atoms with Gasteiger partial charge in [0.15, 0.2) is 0 Å². The maximum atomic E-state index is 13.3. The summed E-state index contributed by atoms with van der Waals surface area (Å²) in [7, 11) is 0. The molecule has 0 aliphatic carbocycles. The summed E-state index contributed by atoms with van der Waals surface area (Å²) in [6.45, 7) is 1.99. The summed E-state index contributed by atoms with van der Waals surface area (Å²) in [6.07, 6.45) is 6.13. The predicted molar refractivity (Wildman–Crippen MR) is 158 cm³/mol. The second-order valence-corrected chi connectivity index (χ2v) is 10.0. The SMILES string of the molecule is CSCC[C@H](NC(=O)c1ccc(C=Cc2ccccc2Oc2ccccc2)cc1-c1ccccc1C)C(=O)[O-].[Li+]. The third-order valence-corrected chi connectivity index (χ3v) is 6.91. The molecule has 1 N–H and O–H groups in total. The summed E-state index contributed by atoms with van der Waals surface area (Å²) in [4.78, 5) is 24.9. The minimum atomic E-state index is -1.29. The van der Waals surface area contributed by atoms with Gasteiger partial charge in [0.05, 0.1) is 12.0 Å². The Balaban J connectivity index is 0.00000441. The number of ether oxygens (including phenoxy) is 1. The van der Waals surface area contributed by atoms with Gasteiger partial charge in [0.25, 0.3) is 5.91 Å². The number of aliphatic carboxylic acids is 1. The molecule has 0 aliphatic heterocycles. The van der Waals surface area contributed by atoms with Gasteiger partial charge in [-0.25, -0.2) is 0 Å². The van der Waals surface area contributed by atoms with E-state index in [1.54, 1.807) is 6.07 Å². The minimum absolute atomic E-state index is 0. The fourth-order valence-electron chi connectivity index (χ4n) is 4.19. The van der Waals surface area contributed by atoms with Crippen molar-refractivity contribution in [3.05, 3.63) is 119 Å². The molecule has 4 aromatic carbocycles. The van der Waals surface area contributed by atoms with Crippen molar-refractivity contribution >= 4 is 35.8 Å². The van der Waals surface area contributed by atoms with E-state index in [9.17, 15) is 14.7 Å². The number of thioether (sulfide) groups is 1. The molecule has 1 amide bonds. The van der Waals surface area contributed by atoms with Crippen molar-refractivity contribution in [2.24, 2.45) is 0 Å². The first-order valence-electron chi connectivity index (χ1n) is 12.7. The van der Waals surface area contributed by atoms with E-state index in [2.05, 4.69) is 5.32 Å². The number of rotatable bonds is 11. The van der Waals surface area contributed by atoms with E-state index in [1.165, 1.54) is 11.8 Å². The number of amides is 1. The fraction of sp³-hybridized carbons (Fsp3) is 0.152. The van der Waals surface area contributed by atoms with Crippen molar-refractivity contribution in [2.75, 3.05) is 12.0 Å². The number of nitrogens with one attached hydrogen (secondary N) is 1. The third-order valence-electron chi connectivity index (χ3n) is 6.27. The Bertz CT molecular complexity index is 1470. The monoisotopic (exact) mass is 543 g/mol. The van der Waals surface area contributed by atoms with Crippen LogP contribution < -0.4 is 34.0 Å². The molecule has 0 saturated carbocycles. The molecule has 40 heavy (non-hydrogen) atoms. The zero-order valence-corrected chi connectivity index (χ0v) is 23.7. The Kier molecular flexibility index (Phi) is 11.7. The number of para-hydroxylation sites is 2. The molecular weight excluding hydrogens is 513 g/mol. The molecule has 0 bridgehead atoms. The van der Waals surface area contributed by atoms with Gasteiger partial charge in [-0.3, -0.25) is 4.79 Å². The average molecular weight is 544 g/mol. The quantitative estimate of drug-likeness (QED) is 0.232. The van der Waals surface area contributed by atoms with E-state index in [1.807, 2.05) is 116 Å². The van der Waals surface area contributed by atoms with Crippen molar-refractivity contribution in [1.29, 1.82) is 0 Å². The van der Waals surface area contributed by atoms with Crippen LogP contribution in [0.15, 0.2) is 97.1 Å². The summed E-state index contributed by atoms with van der Waals surface area (Å²) < 4.78 is 6.08. The molecule has 5 nitrogen and oxygen atoms in total. The number of benzene rings is 4. The first-order chi connectivity index (χ1) is 19.0. The van der Waals surface area contributed by atoms with E-state index < -0.39 is 17.9 Å². The van der Waals surface area contributed by atoms with Crippen molar-refractivity contribution in [3.8, 4) is 22.6 Å². The van der Waals surface area contributed by atoms with Gasteiger partial charge >= 0.3 is 18.9 Å². The normalized spacial score (nSPS) is 11.4. The molecule has 7 heteroatoms. The molecule has 0 saturated heterocycles.